The number of aliphatic carboxylic acids is 1. The highest BCUT2D eigenvalue weighted by molar-refractivity contribution is 5.70. The van der Waals surface area contributed by atoms with Crippen molar-refractivity contribution in [2.45, 2.75) is 19.0 Å². The predicted molar refractivity (Wildman–Crippen MR) is 67.0 cm³/mol. The minimum atomic E-state index is -1.37. The molecule has 1 aromatic rings. The average Bonchev–Trinajstić information content (AvgIpc) is 2.39. The molecule has 1 aliphatic rings. The van der Waals surface area contributed by atoms with Gasteiger partial charge in [0.1, 0.15) is 12.0 Å². The number of likely N-dealkylation sites (tertiary alicyclic amines) is 1. The first kappa shape index (κ1) is 13.9. The number of halogens is 2. The molecule has 1 N–H and O–H groups in total. The SMILES string of the molecule is O=C(O)C1CCN(CC(F)c2ccccc2F)CC1. The zero-order valence-corrected chi connectivity index (χ0v) is 10.6. The van der Waals surface area contributed by atoms with Crippen molar-refractivity contribution < 1.29 is 18.7 Å². The lowest BCUT2D eigenvalue weighted by Gasteiger charge is -2.30. The number of alkyl halides is 1. The first-order valence-corrected chi connectivity index (χ1v) is 6.41. The van der Waals surface area contributed by atoms with Gasteiger partial charge in [-0.15, -0.1) is 0 Å². The molecule has 1 fully saturated rings. The van der Waals surface area contributed by atoms with E-state index in [0.29, 0.717) is 25.9 Å². The van der Waals surface area contributed by atoms with Crippen LogP contribution in [0.3, 0.4) is 0 Å². The number of benzene rings is 1. The Labute approximate surface area is 110 Å². The monoisotopic (exact) mass is 269 g/mol. The maximum Gasteiger partial charge on any atom is 0.306 e. The third-order valence-electron chi connectivity index (χ3n) is 3.60. The molecule has 1 unspecified atom stereocenters. The molecule has 0 amide bonds. The molecule has 0 aliphatic carbocycles. The van der Waals surface area contributed by atoms with Crippen LogP contribution in [0.4, 0.5) is 8.78 Å². The normalized spacial score (nSPS) is 19.3. The van der Waals surface area contributed by atoms with Crippen molar-refractivity contribution in [3.8, 4) is 0 Å². The van der Waals surface area contributed by atoms with Crippen LogP contribution < -0.4 is 0 Å². The van der Waals surface area contributed by atoms with Crippen LogP contribution in [0.25, 0.3) is 0 Å². The molecule has 3 nitrogen and oxygen atoms in total. The van der Waals surface area contributed by atoms with Crippen LogP contribution in [-0.4, -0.2) is 35.6 Å². The number of piperidine rings is 1. The van der Waals surface area contributed by atoms with Gasteiger partial charge < -0.3 is 10.0 Å². The Bertz CT molecular complexity index is 445. The van der Waals surface area contributed by atoms with E-state index in [-0.39, 0.29) is 18.0 Å². The minimum absolute atomic E-state index is 0.0721. The van der Waals surface area contributed by atoms with E-state index < -0.39 is 18.0 Å². The first-order chi connectivity index (χ1) is 9.08. The molecule has 1 aromatic carbocycles. The van der Waals surface area contributed by atoms with Gasteiger partial charge in [0.05, 0.1) is 5.92 Å². The number of carboxylic acid groups (broad SMARTS) is 1. The molecule has 0 aromatic heterocycles. The summed E-state index contributed by atoms with van der Waals surface area (Å²) < 4.78 is 27.5. The lowest BCUT2D eigenvalue weighted by Crippen LogP contribution is -2.38. The van der Waals surface area contributed by atoms with Crippen molar-refractivity contribution in [1.82, 2.24) is 4.90 Å². The predicted octanol–water partition coefficient (Wildman–Crippen LogP) is 2.63. The lowest BCUT2D eigenvalue weighted by atomic mass is 9.96. The second-order valence-corrected chi connectivity index (χ2v) is 4.90. The summed E-state index contributed by atoms with van der Waals surface area (Å²) in [4.78, 5) is 12.7. The Hall–Kier alpha value is -1.49. The highest BCUT2D eigenvalue weighted by Crippen LogP contribution is 2.24. The first-order valence-electron chi connectivity index (χ1n) is 6.41. The number of hydrogen-bond donors (Lipinski definition) is 1. The number of rotatable bonds is 4. The molecule has 0 saturated carbocycles. The molecule has 0 radical (unpaired) electrons. The second kappa shape index (κ2) is 6.10. The Morgan fingerprint density at radius 2 is 2.00 bits per heavy atom. The maximum atomic E-state index is 14.0. The van der Waals surface area contributed by atoms with E-state index in [4.69, 9.17) is 5.11 Å². The molecule has 19 heavy (non-hydrogen) atoms. The van der Waals surface area contributed by atoms with Crippen LogP contribution in [-0.2, 0) is 4.79 Å². The van der Waals surface area contributed by atoms with Crippen molar-refractivity contribution in [3.05, 3.63) is 35.6 Å². The standard InChI is InChI=1S/C14H17F2NO2/c15-12-4-2-1-3-11(12)13(16)9-17-7-5-10(6-8-17)14(18)19/h1-4,10,13H,5-9H2,(H,18,19). The van der Waals surface area contributed by atoms with E-state index in [1.54, 1.807) is 6.07 Å². The fourth-order valence-electron chi connectivity index (χ4n) is 2.42. The summed E-state index contributed by atoms with van der Waals surface area (Å²) >= 11 is 0. The van der Waals surface area contributed by atoms with Gasteiger partial charge in [0.25, 0.3) is 0 Å². The van der Waals surface area contributed by atoms with E-state index in [1.165, 1.54) is 18.2 Å². The third kappa shape index (κ3) is 3.50. The van der Waals surface area contributed by atoms with E-state index >= 15 is 0 Å². The molecular formula is C14H17F2NO2. The van der Waals surface area contributed by atoms with Crippen molar-refractivity contribution in [1.29, 1.82) is 0 Å². The summed E-state index contributed by atoms with van der Waals surface area (Å²) in [6.45, 7) is 1.21. The fourth-order valence-corrected chi connectivity index (χ4v) is 2.42. The Kier molecular flexibility index (Phi) is 4.47. The van der Waals surface area contributed by atoms with Crippen molar-refractivity contribution in [2.24, 2.45) is 5.92 Å². The molecule has 5 heteroatoms. The van der Waals surface area contributed by atoms with E-state index in [1.807, 2.05) is 4.90 Å². The van der Waals surface area contributed by atoms with E-state index in [9.17, 15) is 13.6 Å². The minimum Gasteiger partial charge on any atom is -0.481 e. The zero-order valence-electron chi connectivity index (χ0n) is 10.6. The summed E-state index contributed by atoms with van der Waals surface area (Å²) in [6, 6.07) is 5.84. The molecule has 1 saturated heterocycles. The Morgan fingerprint density at radius 3 is 2.58 bits per heavy atom. The van der Waals surface area contributed by atoms with Gasteiger partial charge >= 0.3 is 5.97 Å². The van der Waals surface area contributed by atoms with Crippen LogP contribution in [0.2, 0.25) is 0 Å². The van der Waals surface area contributed by atoms with Crippen LogP contribution in [0.15, 0.2) is 24.3 Å². The highest BCUT2D eigenvalue weighted by Gasteiger charge is 2.26. The van der Waals surface area contributed by atoms with Gasteiger partial charge in [-0.25, -0.2) is 8.78 Å². The lowest BCUT2D eigenvalue weighted by molar-refractivity contribution is -0.143. The summed E-state index contributed by atoms with van der Waals surface area (Å²) in [7, 11) is 0. The molecule has 1 atom stereocenters. The maximum absolute atomic E-state index is 14.0. The molecule has 104 valence electrons. The van der Waals surface area contributed by atoms with Crippen LogP contribution >= 0.6 is 0 Å². The summed E-state index contributed by atoms with van der Waals surface area (Å²) in [5.41, 5.74) is 0.0721. The van der Waals surface area contributed by atoms with Crippen molar-refractivity contribution in [2.75, 3.05) is 19.6 Å². The van der Waals surface area contributed by atoms with E-state index in [2.05, 4.69) is 0 Å². The summed E-state index contributed by atoms with van der Waals surface area (Å²) in [6.07, 6.45) is -0.318. The average molecular weight is 269 g/mol. The van der Waals surface area contributed by atoms with Gasteiger partial charge in [-0.05, 0) is 32.0 Å². The number of hydrogen-bond acceptors (Lipinski definition) is 2. The zero-order chi connectivity index (χ0) is 13.8. The molecular weight excluding hydrogens is 252 g/mol. The van der Waals surface area contributed by atoms with E-state index in [0.717, 1.165) is 0 Å². The van der Waals surface area contributed by atoms with Crippen LogP contribution in [0, 0.1) is 11.7 Å². The Balaban J connectivity index is 1.89. The second-order valence-electron chi connectivity index (χ2n) is 4.90. The Morgan fingerprint density at radius 1 is 1.37 bits per heavy atom. The quantitative estimate of drug-likeness (QED) is 0.913. The van der Waals surface area contributed by atoms with Gasteiger partial charge in [-0.3, -0.25) is 4.79 Å². The van der Waals surface area contributed by atoms with Crippen LogP contribution in [0.1, 0.15) is 24.6 Å². The van der Waals surface area contributed by atoms with Crippen LogP contribution in [0.5, 0.6) is 0 Å². The van der Waals surface area contributed by atoms with Crippen molar-refractivity contribution in [3.63, 3.8) is 0 Å². The summed E-state index contributed by atoms with van der Waals surface area (Å²) in [5, 5.41) is 8.88. The smallest absolute Gasteiger partial charge is 0.306 e. The molecule has 1 heterocycles. The highest BCUT2D eigenvalue weighted by atomic mass is 19.1. The number of carboxylic acids is 1. The topological polar surface area (TPSA) is 40.5 Å². The summed E-state index contributed by atoms with van der Waals surface area (Å²) in [5.74, 6) is -1.65. The molecule has 0 bridgehead atoms. The van der Waals surface area contributed by atoms with Gasteiger partial charge in [0.15, 0.2) is 0 Å². The fraction of sp³-hybridized carbons (Fsp3) is 0.500. The molecule has 2 rings (SSSR count). The van der Waals surface area contributed by atoms with Gasteiger partial charge in [-0.2, -0.15) is 0 Å². The van der Waals surface area contributed by atoms with Gasteiger partial charge in [0, 0.05) is 12.1 Å². The van der Waals surface area contributed by atoms with Crippen molar-refractivity contribution >= 4 is 5.97 Å². The number of nitrogens with zero attached hydrogens (tertiary/aromatic N) is 1. The largest absolute Gasteiger partial charge is 0.481 e. The molecule has 0 spiro atoms. The molecule has 1 aliphatic heterocycles. The third-order valence-corrected chi connectivity index (χ3v) is 3.60. The number of carbonyl (C=O) groups is 1. The van der Waals surface area contributed by atoms with Gasteiger partial charge in [-0.1, -0.05) is 18.2 Å². The van der Waals surface area contributed by atoms with Gasteiger partial charge in [0.2, 0.25) is 0 Å².